The van der Waals surface area contributed by atoms with Crippen LogP contribution in [0, 0.1) is 6.92 Å². The SMILES string of the molecule is COC(=O)Nc1ccc(Nc2ccc(C)cc2)cc1. The summed E-state index contributed by atoms with van der Waals surface area (Å²) >= 11 is 0. The summed E-state index contributed by atoms with van der Waals surface area (Å²) in [6, 6.07) is 15.6. The summed E-state index contributed by atoms with van der Waals surface area (Å²) in [5, 5.41) is 5.88. The maximum Gasteiger partial charge on any atom is 0.411 e. The fraction of sp³-hybridized carbons (Fsp3) is 0.133. The number of rotatable bonds is 3. The van der Waals surface area contributed by atoms with Gasteiger partial charge < -0.3 is 10.1 Å². The van der Waals surface area contributed by atoms with Gasteiger partial charge in [0, 0.05) is 17.1 Å². The molecule has 0 aliphatic heterocycles. The molecule has 0 bridgehead atoms. The van der Waals surface area contributed by atoms with Crippen LogP contribution in [0.5, 0.6) is 0 Å². The van der Waals surface area contributed by atoms with Crippen LogP contribution in [-0.4, -0.2) is 13.2 Å². The van der Waals surface area contributed by atoms with E-state index >= 15 is 0 Å². The van der Waals surface area contributed by atoms with Crippen molar-refractivity contribution in [2.45, 2.75) is 6.92 Å². The van der Waals surface area contributed by atoms with Crippen LogP contribution in [0.25, 0.3) is 0 Å². The van der Waals surface area contributed by atoms with Crippen LogP contribution < -0.4 is 10.6 Å². The molecule has 2 N–H and O–H groups in total. The molecule has 0 fully saturated rings. The molecule has 0 heterocycles. The number of benzene rings is 2. The maximum atomic E-state index is 11.0. The van der Waals surface area contributed by atoms with Crippen molar-refractivity contribution in [2.24, 2.45) is 0 Å². The lowest BCUT2D eigenvalue weighted by Gasteiger charge is -2.08. The Labute approximate surface area is 112 Å². The zero-order valence-corrected chi connectivity index (χ0v) is 10.9. The van der Waals surface area contributed by atoms with Gasteiger partial charge in [-0.05, 0) is 43.3 Å². The molecule has 2 aromatic carbocycles. The topological polar surface area (TPSA) is 50.4 Å². The van der Waals surface area contributed by atoms with Crippen molar-refractivity contribution in [3.05, 3.63) is 54.1 Å². The minimum Gasteiger partial charge on any atom is -0.453 e. The Balaban J connectivity index is 2.02. The molecule has 2 rings (SSSR count). The van der Waals surface area contributed by atoms with Gasteiger partial charge in [-0.1, -0.05) is 17.7 Å². The highest BCUT2D eigenvalue weighted by Crippen LogP contribution is 2.19. The van der Waals surface area contributed by atoms with E-state index in [4.69, 9.17) is 0 Å². The highest BCUT2D eigenvalue weighted by Gasteiger charge is 2.00. The first-order valence-electron chi connectivity index (χ1n) is 5.96. The van der Waals surface area contributed by atoms with Crippen molar-refractivity contribution >= 4 is 23.2 Å². The fourth-order valence-corrected chi connectivity index (χ4v) is 1.61. The van der Waals surface area contributed by atoms with Crippen LogP contribution >= 0.6 is 0 Å². The molecule has 0 saturated carbocycles. The third kappa shape index (κ3) is 3.74. The van der Waals surface area contributed by atoms with Crippen molar-refractivity contribution < 1.29 is 9.53 Å². The van der Waals surface area contributed by atoms with Gasteiger partial charge in [0.15, 0.2) is 0 Å². The highest BCUT2D eigenvalue weighted by molar-refractivity contribution is 5.84. The lowest BCUT2D eigenvalue weighted by Crippen LogP contribution is -2.10. The third-order valence-electron chi connectivity index (χ3n) is 2.66. The number of anilines is 3. The van der Waals surface area contributed by atoms with Gasteiger partial charge >= 0.3 is 6.09 Å². The third-order valence-corrected chi connectivity index (χ3v) is 2.66. The average molecular weight is 256 g/mol. The first kappa shape index (κ1) is 13.0. The summed E-state index contributed by atoms with van der Waals surface area (Å²) in [6.45, 7) is 2.05. The molecule has 19 heavy (non-hydrogen) atoms. The molecule has 0 aliphatic carbocycles. The van der Waals surface area contributed by atoms with Crippen LogP contribution in [0.15, 0.2) is 48.5 Å². The summed E-state index contributed by atoms with van der Waals surface area (Å²) in [4.78, 5) is 11.0. The van der Waals surface area contributed by atoms with Gasteiger partial charge in [-0.3, -0.25) is 5.32 Å². The molecule has 0 unspecified atom stereocenters. The van der Waals surface area contributed by atoms with Crippen molar-refractivity contribution in [3.63, 3.8) is 0 Å². The summed E-state index contributed by atoms with van der Waals surface area (Å²) in [5.74, 6) is 0. The lowest BCUT2D eigenvalue weighted by molar-refractivity contribution is 0.187. The molecule has 98 valence electrons. The standard InChI is InChI=1S/C15H16N2O2/c1-11-3-5-12(6-4-11)16-13-7-9-14(10-8-13)17-15(18)19-2/h3-10,16H,1-2H3,(H,17,18). The Morgan fingerprint density at radius 2 is 1.37 bits per heavy atom. The maximum absolute atomic E-state index is 11.0. The highest BCUT2D eigenvalue weighted by atomic mass is 16.5. The number of nitrogens with one attached hydrogen (secondary N) is 2. The second-order valence-electron chi connectivity index (χ2n) is 4.18. The number of methoxy groups -OCH3 is 1. The first-order valence-corrected chi connectivity index (χ1v) is 5.96. The second-order valence-corrected chi connectivity index (χ2v) is 4.18. The van der Waals surface area contributed by atoms with E-state index < -0.39 is 6.09 Å². The summed E-state index contributed by atoms with van der Waals surface area (Å²) < 4.78 is 4.53. The van der Waals surface area contributed by atoms with Crippen LogP contribution in [0.3, 0.4) is 0 Å². The molecule has 0 radical (unpaired) electrons. The Bertz CT molecular complexity index is 547. The van der Waals surface area contributed by atoms with Gasteiger partial charge in [0.2, 0.25) is 0 Å². The minimum absolute atomic E-state index is 0.473. The van der Waals surface area contributed by atoms with E-state index in [1.54, 1.807) is 0 Å². The van der Waals surface area contributed by atoms with Crippen molar-refractivity contribution in [1.82, 2.24) is 0 Å². The number of ether oxygens (including phenoxy) is 1. The Hall–Kier alpha value is -2.49. The van der Waals surface area contributed by atoms with Crippen molar-refractivity contribution in [3.8, 4) is 0 Å². The van der Waals surface area contributed by atoms with E-state index in [1.165, 1.54) is 12.7 Å². The Morgan fingerprint density at radius 3 is 1.89 bits per heavy atom. The molecule has 4 nitrogen and oxygen atoms in total. The number of hydrogen-bond donors (Lipinski definition) is 2. The Kier molecular flexibility index (Phi) is 4.03. The van der Waals surface area contributed by atoms with Gasteiger partial charge in [-0.2, -0.15) is 0 Å². The summed E-state index contributed by atoms with van der Waals surface area (Å²) in [6.07, 6.45) is -0.473. The molecule has 0 atom stereocenters. The van der Waals surface area contributed by atoms with Gasteiger partial charge in [0.05, 0.1) is 7.11 Å². The van der Waals surface area contributed by atoms with E-state index in [0.717, 1.165) is 11.4 Å². The van der Waals surface area contributed by atoms with Crippen LogP contribution in [0.1, 0.15) is 5.56 Å². The van der Waals surface area contributed by atoms with Gasteiger partial charge in [-0.15, -0.1) is 0 Å². The van der Waals surface area contributed by atoms with Crippen LogP contribution in [-0.2, 0) is 4.74 Å². The molecule has 2 aromatic rings. The zero-order chi connectivity index (χ0) is 13.7. The van der Waals surface area contributed by atoms with Crippen LogP contribution in [0.4, 0.5) is 21.9 Å². The predicted octanol–water partition coefficient (Wildman–Crippen LogP) is 3.92. The molecule has 4 heteroatoms. The van der Waals surface area contributed by atoms with Gasteiger partial charge in [0.25, 0.3) is 0 Å². The molecule has 0 spiro atoms. The fourth-order valence-electron chi connectivity index (χ4n) is 1.61. The number of carbonyl (C=O) groups is 1. The van der Waals surface area contributed by atoms with E-state index in [9.17, 15) is 4.79 Å². The molecule has 0 saturated heterocycles. The average Bonchev–Trinajstić information content (AvgIpc) is 2.43. The molecule has 1 amide bonds. The predicted molar refractivity (Wildman–Crippen MR) is 76.9 cm³/mol. The monoisotopic (exact) mass is 256 g/mol. The quantitative estimate of drug-likeness (QED) is 0.875. The van der Waals surface area contributed by atoms with Gasteiger partial charge in [-0.25, -0.2) is 4.79 Å². The van der Waals surface area contributed by atoms with E-state index in [0.29, 0.717) is 5.69 Å². The minimum atomic E-state index is -0.473. The molecule has 0 aliphatic rings. The zero-order valence-electron chi connectivity index (χ0n) is 10.9. The number of hydrogen-bond acceptors (Lipinski definition) is 3. The first-order chi connectivity index (χ1) is 9.17. The normalized spacial score (nSPS) is 9.79. The van der Waals surface area contributed by atoms with E-state index in [1.807, 2.05) is 36.4 Å². The molecular formula is C15H16N2O2. The number of carbonyl (C=O) groups excluding carboxylic acids is 1. The number of aryl methyl sites for hydroxylation is 1. The lowest BCUT2D eigenvalue weighted by atomic mass is 10.2. The largest absolute Gasteiger partial charge is 0.453 e. The van der Waals surface area contributed by atoms with Crippen molar-refractivity contribution in [1.29, 1.82) is 0 Å². The summed E-state index contributed by atoms with van der Waals surface area (Å²) in [7, 11) is 1.34. The van der Waals surface area contributed by atoms with E-state index in [-0.39, 0.29) is 0 Å². The van der Waals surface area contributed by atoms with Gasteiger partial charge in [0.1, 0.15) is 0 Å². The number of amides is 1. The van der Waals surface area contributed by atoms with Crippen molar-refractivity contribution in [2.75, 3.05) is 17.7 Å². The second kappa shape index (κ2) is 5.91. The Morgan fingerprint density at radius 1 is 0.895 bits per heavy atom. The molecule has 0 aromatic heterocycles. The summed E-state index contributed by atoms with van der Waals surface area (Å²) in [5.41, 5.74) is 3.91. The smallest absolute Gasteiger partial charge is 0.411 e. The van der Waals surface area contributed by atoms with E-state index in [2.05, 4.69) is 34.4 Å². The molecular weight excluding hydrogens is 240 g/mol. The van der Waals surface area contributed by atoms with Crippen LogP contribution in [0.2, 0.25) is 0 Å².